The summed E-state index contributed by atoms with van der Waals surface area (Å²) in [6.45, 7) is 0. The lowest BCUT2D eigenvalue weighted by Crippen LogP contribution is -2.08. The van der Waals surface area contributed by atoms with Gasteiger partial charge in [0.15, 0.2) is 0 Å². The van der Waals surface area contributed by atoms with Gasteiger partial charge in [-0.15, -0.1) is 11.3 Å². The maximum atomic E-state index is 11.4. The molecule has 0 bridgehead atoms. The van der Waals surface area contributed by atoms with Crippen molar-refractivity contribution in [3.8, 4) is 23.0 Å². The van der Waals surface area contributed by atoms with E-state index in [1.54, 1.807) is 24.7 Å². The van der Waals surface area contributed by atoms with E-state index in [9.17, 15) is 4.79 Å². The normalized spacial score (nSPS) is 10.6. The van der Waals surface area contributed by atoms with Crippen LogP contribution in [0.4, 0.5) is 0 Å². The van der Waals surface area contributed by atoms with Crippen molar-refractivity contribution < 1.29 is 14.3 Å². The Morgan fingerprint density at radius 1 is 1.18 bits per heavy atom. The van der Waals surface area contributed by atoms with Crippen LogP contribution in [-0.4, -0.2) is 35.1 Å². The number of nitrogens with zero attached hydrogens (tertiary/aromatic N) is 3. The van der Waals surface area contributed by atoms with Crippen molar-refractivity contribution in [2.24, 2.45) is 5.73 Å². The molecule has 7 nitrogen and oxygen atoms in total. The van der Waals surface area contributed by atoms with Gasteiger partial charge in [-0.05, 0) is 6.07 Å². The summed E-state index contributed by atoms with van der Waals surface area (Å²) in [5.41, 5.74) is 6.77. The lowest BCUT2D eigenvalue weighted by molar-refractivity contribution is 0.100. The quantitative estimate of drug-likeness (QED) is 0.788. The summed E-state index contributed by atoms with van der Waals surface area (Å²) in [4.78, 5) is 24.3. The van der Waals surface area contributed by atoms with Crippen LogP contribution in [0.5, 0.6) is 11.9 Å². The van der Waals surface area contributed by atoms with Crippen molar-refractivity contribution >= 4 is 27.3 Å². The van der Waals surface area contributed by atoms with E-state index in [4.69, 9.17) is 15.2 Å². The Hall–Kier alpha value is -2.74. The van der Waals surface area contributed by atoms with Crippen LogP contribution in [0.3, 0.4) is 0 Å². The topological polar surface area (TPSA) is 100 Å². The molecule has 0 saturated carbocycles. The third-order valence-corrected chi connectivity index (χ3v) is 4.17. The van der Waals surface area contributed by atoms with E-state index >= 15 is 0 Å². The van der Waals surface area contributed by atoms with E-state index in [2.05, 4.69) is 15.0 Å². The molecule has 0 aliphatic rings. The number of primary amides is 1. The number of hydrogen-bond acceptors (Lipinski definition) is 7. The van der Waals surface area contributed by atoms with E-state index < -0.39 is 5.91 Å². The van der Waals surface area contributed by atoms with Crippen LogP contribution in [0, 0.1) is 0 Å². The zero-order valence-corrected chi connectivity index (χ0v) is 12.7. The van der Waals surface area contributed by atoms with Gasteiger partial charge in [0.25, 0.3) is 5.91 Å². The molecule has 0 aliphatic carbocycles. The zero-order chi connectivity index (χ0) is 15.7. The van der Waals surface area contributed by atoms with Gasteiger partial charge in [-0.1, -0.05) is 0 Å². The second kappa shape index (κ2) is 5.57. The summed E-state index contributed by atoms with van der Waals surface area (Å²) in [7, 11) is 3.00. The summed E-state index contributed by atoms with van der Waals surface area (Å²) in [5.74, 6) is -0.0990. The Morgan fingerprint density at radius 2 is 2.00 bits per heavy atom. The van der Waals surface area contributed by atoms with Crippen molar-refractivity contribution in [2.45, 2.75) is 0 Å². The molecule has 2 N–H and O–H groups in total. The van der Waals surface area contributed by atoms with Crippen LogP contribution in [-0.2, 0) is 0 Å². The summed E-state index contributed by atoms with van der Waals surface area (Å²) < 4.78 is 11.1. The fourth-order valence-electron chi connectivity index (χ4n) is 2.09. The Morgan fingerprint density at radius 3 is 2.68 bits per heavy atom. The number of hydrogen-bond donors (Lipinski definition) is 1. The van der Waals surface area contributed by atoms with Crippen molar-refractivity contribution in [2.75, 3.05) is 14.2 Å². The molecule has 0 atom stereocenters. The predicted octanol–water partition coefficient (Wildman–Crippen LogP) is 1.87. The Bertz CT molecular complexity index is 862. The third kappa shape index (κ3) is 2.33. The number of pyridine rings is 1. The average molecular weight is 316 g/mol. The van der Waals surface area contributed by atoms with Crippen LogP contribution in [0.25, 0.3) is 21.2 Å². The van der Waals surface area contributed by atoms with Crippen molar-refractivity contribution in [1.82, 2.24) is 15.0 Å². The van der Waals surface area contributed by atoms with Gasteiger partial charge in [0.2, 0.25) is 5.88 Å². The number of ether oxygens (including phenoxy) is 2. The van der Waals surface area contributed by atoms with E-state index in [1.807, 2.05) is 0 Å². The van der Waals surface area contributed by atoms with Gasteiger partial charge in [0.05, 0.1) is 29.4 Å². The fourth-order valence-corrected chi connectivity index (χ4v) is 2.99. The van der Waals surface area contributed by atoms with E-state index in [0.29, 0.717) is 16.3 Å². The maximum absolute atomic E-state index is 11.4. The summed E-state index contributed by atoms with van der Waals surface area (Å²) in [5, 5.41) is 0.848. The third-order valence-electron chi connectivity index (χ3n) is 3.09. The molecule has 0 fully saturated rings. The number of aromatic nitrogens is 3. The van der Waals surface area contributed by atoms with Gasteiger partial charge in [-0.3, -0.25) is 9.78 Å². The molecule has 0 radical (unpaired) electrons. The monoisotopic (exact) mass is 316 g/mol. The lowest BCUT2D eigenvalue weighted by Gasteiger charge is -2.08. The van der Waals surface area contributed by atoms with E-state index in [1.165, 1.54) is 25.6 Å². The number of rotatable bonds is 4. The maximum Gasteiger partial charge on any atom is 0.319 e. The molecule has 3 aromatic heterocycles. The molecule has 3 rings (SSSR count). The van der Waals surface area contributed by atoms with Crippen molar-refractivity contribution in [3.63, 3.8) is 0 Å². The van der Waals surface area contributed by atoms with Crippen molar-refractivity contribution in [3.05, 3.63) is 29.5 Å². The molecule has 1 amide bonds. The van der Waals surface area contributed by atoms with Crippen LogP contribution >= 0.6 is 11.3 Å². The van der Waals surface area contributed by atoms with Gasteiger partial charge >= 0.3 is 6.01 Å². The zero-order valence-electron chi connectivity index (χ0n) is 11.9. The first-order valence-corrected chi connectivity index (χ1v) is 7.08. The molecular formula is C14H12N4O3S. The number of carbonyl (C=O) groups is 1. The number of nitrogens with two attached hydrogens (primary N) is 1. The van der Waals surface area contributed by atoms with Crippen LogP contribution in [0.2, 0.25) is 0 Å². The number of methoxy groups -OCH3 is 2. The molecule has 22 heavy (non-hydrogen) atoms. The second-order valence-corrected chi connectivity index (χ2v) is 5.44. The minimum Gasteiger partial charge on any atom is -0.480 e. The van der Waals surface area contributed by atoms with Crippen LogP contribution in [0.15, 0.2) is 24.7 Å². The SMILES string of the molecule is COc1ncc(-c2cncc3sc(C(N)=O)cc23)c(OC)n1. The van der Waals surface area contributed by atoms with Crippen LogP contribution in [0.1, 0.15) is 9.67 Å². The first kappa shape index (κ1) is 14.2. The highest BCUT2D eigenvalue weighted by atomic mass is 32.1. The molecule has 0 spiro atoms. The lowest BCUT2D eigenvalue weighted by atomic mass is 10.1. The van der Waals surface area contributed by atoms with Gasteiger partial charge in [-0.2, -0.15) is 4.98 Å². The number of thiophene rings is 1. The van der Waals surface area contributed by atoms with Gasteiger partial charge < -0.3 is 15.2 Å². The first-order chi connectivity index (χ1) is 10.6. The minimum absolute atomic E-state index is 0.212. The fraction of sp³-hybridized carbons (Fsp3) is 0.143. The molecule has 0 unspecified atom stereocenters. The minimum atomic E-state index is -0.468. The Balaban J connectivity index is 2.23. The first-order valence-electron chi connectivity index (χ1n) is 6.26. The molecular weight excluding hydrogens is 304 g/mol. The highest BCUT2D eigenvalue weighted by molar-refractivity contribution is 7.20. The van der Waals surface area contributed by atoms with Crippen molar-refractivity contribution in [1.29, 1.82) is 0 Å². The number of fused-ring (bicyclic) bond motifs is 1. The molecule has 0 saturated heterocycles. The van der Waals surface area contributed by atoms with E-state index in [-0.39, 0.29) is 6.01 Å². The highest BCUT2D eigenvalue weighted by Crippen LogP contribution is 2.36. The number of carbonyl (C=O) groups excluding carboxylic acids is 1. The highest BCUT2D eigenvalue weighted by Gasteiger charge is 2.16. The van der Waals surface area contributed by atoms with E-state index in [0.717, 1.165) is 15.6 Å². The van der Waals surface area contributed by atoms with Gasteiger partial charge in [-0.25, -0.2) is 4.98 Å². The standard InChI is InChI=1S/C14H12N4O3S/c1-20-13-9(5-17-14(18-13)21-2)8-4-16-6-11-7(8)3-10(22-11)12(15)19/h3-6H,1-2H3,(H2,15,19). The molecule has 0 aliphatic heterocycles. The van der Waals surface area contributed by atoms with Gasteiger partial charge in [0, 0.05) is 29.5 Å². The summed E-state index contributed by atoms with van der Waals surface area (Å²) in [6, 6.07) is 1.95. The predicted molar refractivity (Wildman–Crippen MR) is 82.3 cm³/mol. The molecule has 0 aromatic carbocycles. The molecule has 8 heteroatoms. The Kier molecular flexibility index (Phi) is 3.60. The molecule has 3 aromatic rings. The average Bonchev–Trinajstić information content (AvgIpc) is 2.98. The largest absolute Gasteiger partial charge is 0.480 e. The van der Waals surface area contributed by atoms with Crippen LogP contribution < -0.4 is 15.2 Å². The molecule has 112 valence electrons. The molecule has 3 heterocycles. The van der Waals surface area contributed by atoms with Gasteiger partial charge in [0.1, 0.15) is 0 Å². The summed E-state index contributed by atoms with van der Waals surface area (Å²) in [6.07, 6.45) is 4.96. The summed E-state index contributed by atoms with van der Waals surface area (Å²) >= 11 is 1.29. The smallest absolute Gasteiger partial charge is 0.319 e. The number of amides is 1. The Labute approximate surface area is 129 Å². The second-order valence-electron chi connectivity index (χ2n) is 4.35.